The monoisotopic (exact) mass is 464 g/mol. The first kappa shape index (κ1) is 24.6. The molecule has 2 nitrogen and oxygen atoms in total. The second-order valence-corrected chi connectivity index (χ2v) is 13.4. The second kappa shape index (κ2) is 9.07. The van der Waals surface area contributed by atoms with Gasteiger partial charge >= 0.3 is 0 Å². The van der Waals surface area contributed by atoms with Crippen molar-refractivity contribution in [2.24, 2.45) is 40.4 Å². The number of benzene rings is 1. The maximum absolute atomic E-state index is 11.0. The van der Waals surface area contributed by atoms with E-state index < -0.39 is 5.60 Å². The van der Waals surface area contributed by atoms with Gasteiger partial charge in [-0.3, -0.25) is 0 Å². The molecule has 2 N–H and O–H groups in total. The molecule has 0 aromatic heterocycles. The number of hydrogen-bond acceptors (Lipinski definition) is 2. The van der Waals surface area contributed by atoms with E-state index in [1.807, 2.05) is 25.1 Å². The van der Waals surface area contributed by atoms with Crippen molar-refractivity contribution in [1.82, 2.24) is 0 Å². The fourth-order valence-electron chi connectivity index (χ4n) is 9.53. The van der Waals surface area contributed by atoms with Gasteiger partial charge in [-0.1, -0.05) is 69.2 Å². The lowest BCUT2D eigenvalue weighted by Gasteiger charge is -2.58. The van der Waals surface area contributed by atoms with E-state index in [2.05, 4.69) is 39.0 Å². The normalized spacial score (nSPS) is 42.1. The molecule has 34 heavy (non-hydrogen) atoms. The Morgan fingerprint density at radius 2 is 1.79 bits per heavy atom. The van der Waals surface area contributed by atoms with E-state index in [0.717, 1.165) is 60.8 Å². The lowest BCUT2D eigenvalue weighted by atomic mass is 9.47. The molecule has 5 rings (SSSR count). The summed E-state index contributed by atoms with van der Waals surface area (Å²) in [5.41, 5.74) is 2.73. The minimum Gasteiger partial charge on any atom is -0.393 e. The molecule has 1 aromatic carbocycles. The number of fused-ring (bicyclic) bond motifs is 5. The summed E-state index contributed by atoms with van der Waals surface area (Å²) in [6, 6.07) is 10.2. The minimum absolute atomic E-state index is 0.107. The van der Waals surface area contributed by atoms with Crippen LogP contribution in [0.2, 0.25) is 0 Å². The molecule has 4 aliphatic rings. The summed E-state index contributed by atoms with van der Waals surface area (Å²) in [6.07, 6.45) is 15.6. The smallest absolute Gasteiger partial charge is 0.0868 e. The predicted octanol–water partition coefficient (Wildman–Crippen LogP) is 7.64. The van der Waals surface area contributed by atoms with Crippen molar-refractivity contribution in [3.8, 4) is 0 Å². The van der Waals surface area contributed by atoms with Crippen LogP contribution in [-0.4, -0.2) is 16.3 Å². The quantitative estimate of drug-likeness (QED) is 0.425. The molecule has 188 valence electrons. The molecule has 3 fully saturated rings. The van der Waals surface area contributed by atoms with Crippen molar-refractivity contribution in [2.75, 3.05) is 0 Å². The maximum Gasteiger partial charge on any atom is 0.0868 e. The van der Waals surface area contributed by atoms with Crippen molar-refractivity contribution in [3.63, 3.8) is 0 Å². The number of aliphatic hydroxyl groups excluding tert-OH is 1. The Bertz CT molecular complexity index is 888. The Labute approximate surface area is 208 Å². The Morgan fingerprint density at radius 3 is 2.56 bits per heavy atom. The summed E-state index contributed by atoms with van der Waals surface area (Å²) in [5, 5.41) is 21.3. The summed E-state index contributed by atoms with van der Waals surface area (Å²) in [5.74, 6) is 4.10. The first-order valence-corrected chi connectivity index (χ1v) is 14.3. The maximum atomic E-state index is 11.0. The highest BCUT2D eigenvalue weighted by Crippen LogP contribution is 2.67. The molecule has 0 heterocycles. The molecule has 9 unspecified atom stereocenters. The van der Waals surface area contributed by atoms with Gasteiger partial charge in [0.05, 0.1) is 11.7 Å². The Morgan fingerprint density at radius 1 is 1.03 bits per heavy atom. The van der Waals surface area contributed by atoms with E-state index >= 15 is 0 Å². The molecule has 0 saturated heterocycles. The molecular weight excluding hydrogens is 416 g/mol. The topological polar surface area (TPSA) is 40.5 Å². The van der Waals surface area contributed by atoms with Gasteiger partial charge < -0.3 is 10.2 Å². The lowest BCUT2D eigenvalue weighted by Crippen LogP contribution is -2.50. The summed E-state index contributed by atoms with van der Waals surface area (Å²) >= 11 is 0. The first-order chi connectivity index (χ1) is 16.1. The average molecular weight is 465 g/mol. The van der Waals surface area contributed by atoms with E-state index in [0.29, 0.717) is 10.8 Å². The van der Waals surface area contributed by atoms with E-state index in [1.165, 1.54) is 44.9 Å². The molecule has 0 amide bonds. The van der Waals surface area contributed by atoms with Crippen LogP contribution in [0.15, 0.2) is 42.0 Å². The standard InChI is InChI=1S/C32H48O2/c1-22(9-8-18-32(4,34)23-10-6-5-7-11-23)27-14-15-28-26-13-12-24-21-25(33)16-19-30(24,2)29(26)17-20-31(27,28)3/h5-7,10-12,22,25-29,33-34H,8-9,13-21H2,1-4H3. The molecule has 0 bridgehead atoms. The molecule has 4 aliphatic carbocycles. The van der Waals surface area contributed by atoms with Gasteiger partial charge in [-0.05, 0) is 117 Å². The van der Waals surface area contributed by atoms with Crippen LogP contribution in [0.3, 0.4) is 0 Å². The first-order valence-electron chi connectivity index (χ1n) is 14.3. The zero-order valence-electron chi connectivity index (χ0n) is 22.1. The second-order valence-electron chi connectivity index (χ2n) is 13.4. The highest BCUT2D eigenvalue weighted by molar-refractivity contribution is 5.25. The van der Waals surface area contributed by atoms with Gasteiger partial charge in [0.25, 0.3) is 0 Å². The molecule has 0 radical (unpaired) electrons. The molecule has 3 saturated carbocycles. The van der Waals surface area contributed by atoms with E-state index in [1.54, 1.807) is 5.57 Å². The third-order valence-corrected chi connectivity index (χ3v) is 11.6. The summed E-state index contributed by atoms with van der Waals surface area (Å²) in [6.45, 7) is 9.67. The largest absolute Gasteiger partial charge is 0.393 e. The lowest BCUT2D eigenvalue weighted by molar-refractivity contribution is -0.0576. The fourth-order valence-corrected chi connectivity index (χ4v) is 9.53. The highest BCUT2D eigenvalue weighted by atomic mass is 16.3. The van der Waals surface area contributed by atoms with Crippen LogP contribution in [0.25, 0.3) is 0 Å². The van der Waals surface area contributed by atoms with Crippen LogP contribution in [0.5, 0.6) is 0 Å². The summed E-state index contributed by atoms with van der Waals surface area (Å²) in [7, 11) is 0. The number of allylic oxidation sites excluding steroid dienone is 1. The third kappa shape index (κ3) is 4.11. The predicted molar refractivity (Wildman–Crippen MR) is 140 cm³/mol. The number of hydrogen-bond donors (Lipinski definition) is 2. The number of rotatable bonds is 6. The molecule has 2 heteroatoms. The zero-order chi connectivity index (χ0) is 24.1. The van der Waals surface area contributed by atoms with Crippen LogP contribution in [0.1, 0.15) is 104 Å². The summed E-state index contributed by atoms with van der Waals surface area (Å²) < 4.78 is 0. The van der Waals surface area contributed by atoms with Gasteiger partial charge in [-0.2, -0.15) is 0 Å². The van der Waals surface area contributed by atoms with Crippen LogP contribution < -0.4 is 0 Å². The van der Waals surface area contributed by atoms with Gasteiger partial charge in [-0.15, -0.1) is 0 Å². The third-order valence-electron chi connectivity index (χ3n) is 11.6. The molecule has 0 spiro atoms. The molecule has 1 aromatic rings. The Hall–Kier alpha value is -1.12. The van der Waals surface area contributed by atoms with Crippen LogP contribution in [0, 0.1) is 40.4 Å². The van der Waals surface area contributed by atoms with Gasteiger partial charge in [0.1, 0.15) is 0 Å². The number of aliphatic hydroxyl groups is 2. The van der Waals surface area contributed by atoms with Crippen molar-refractivity contribution < 1.29 is 10.2 Å². The van der Waals surface area contributed by atoms with Gasteiger partial charge in [0.15, 0.2) is 0 Å². The molecular formula is C32H48O2. The van der Waals surface area contributed by atoms with E-state index in [4.69, 9.17) is 0 Å². The van der Waals surface area contributed by atoms with Gasteiger partial charge in [0, 0.05) is 0 Å². The van der Waals surface area contributed by atoms with Crippen molar-refractivity contribution in [3.05, 3.63) is 47.5 Å². The highest BCUT2D eigenvalue weighted by Gasteiger charge is 2.59. The van der Waals surface area contributed by atoms with Crippen LogP contribution in [0.4, 0.5) is 0 Å². The van der Waals surface area contributed by atoms with Crippen molar-refractivity contribution in [2.45, 2.75) is 110 Å². The Kier molecular flexibility index (Phi) is 6.56. The van der Waals surface area contributed by atoms with Gasteiger partial charge in [0.2, 0.25) is 0 Å². The molecule has 9 atom stereocenters. The van der Waals surface area contributed by atoms with E-state index in [9.17, 15) is 10.2 Å². The molecule has 0 aliphatic heterocycles. The fraction of sp³-hybridized carbons (Fsp3) is 0.750. The summed E-state index contributed by atoms with van der Waals surface area (Å²) in [4.78, 5) is 0. The SMILES string of the molecule is CC(CCCC(C)(O)c1ccccc1)C1CCC2C3CC=C4CC(O)CCC4(C)C3CCC12C. The van der Waals surface area contributed by atoms with Gasteiger partial charge in [-0.25, -0.2) is 0 Å². The van der Waals surface area contributed by atoms with Crippen molar-refractivity contribution in [1.29, 1.82) is 0 Å². The van der Waals surface area contributed by atoms with Crippen LogP contribution >= 0.6 is 0 Å². The zero-order valence-corrected chi connectivity index (χ0v) is 22.1. The average Bonchev–Trinajstić information content (AvgIpc) is 3.17. The minimum atomic E-state index is -0.726. The van der Waals surface area contributed by atoms with Crippen LogP contribution in [-0.2, 0) is 5.60 Å². The Balaban J connectivity index is 1.24. The van der Waals surface area contributed by atoms with Crippen molar-refractivity contribution >= 4 is 0 Å². The van der Waals surface area contributed by atoms with E-state index in [-0.39, 0.29) is 6.10 Å².